The number of hydrogen-bond donors (Lipinski definition) is 2. The predicted molar refractivity (Wildman–Crippen MR) is 61.1 cm³/mol. The summed E-state index contributed by atoms with van der Waals surface area (Å²) in [4.78, 5) is 11.3. The molecule has 0 spiro atoms. The van der Waals surface area contributed by atoms with Gasteiger partial charge in [0.1, 0.15) is 0 Å². The molecule has 3 nitrogen and oxygen atoms in total. The zero-order valence-corrected chi connectivity index (χ0v) is 9.69. The first-order chi connectivity index (χ1) is 7.75. The van der Waals surface area contributed by atoms with Gasteiger partial charge in [0.15, 0.2) is 0 Å². The number of rotatable bonds is 5. The number of fused-ring (bicyclic) bond motifs is 2. The van der Waals surface area contributed by atoms with Crippen molar-refractivity contribution in [1.29, 1.82) is 0 Å². The first kappa shape index (κ1) is 10.6. The molecule has 3 saturated carbocycles. The van der Waals surface area contributed by atoms with Crippen molar-refractivity contribution in [3.63, 3.8) is 0 Å². The summed E-state index contributed by atoms with van der Waals surface area (Å²) in [6.07, 6.45) is 7.57. The fourth-order valence-corrected chi connectivity index (χ4v) is 3.80. The van der Waals surface area contributed by atoms with Crippen LogP contribution in [0, 0.1) is 23.7 Å². The quantitative estimate of drug-likeness (QED) is 0.748. The van der Waals surface area contributed by atoms with E-state index >= 15 is 0 Å². The fourth-order valence-electron chi connectivity index (χ4n) is 3.80. The molecule has 0 saturated heterocycles. The van der Waals surface area contributed by atoms with Gasteiger partial charge in [0, 0.05) is 6.04 Å². The summed E-state index contributed by atoms with van der Waals surface area (Å²) in [6, 6.07) is 0.273. The van der Waals surface area contributed by atoms with Crippen molar-refractivity contribution in [2.45, 2.75) is 44.6 Å². The Hall–Kier alpha value is -0.570. The lowest BCUT2D eigenvalue weighted by Gasteiger charge is -2.29. The highest BCUT2D eigenvalue weighted by Gasteiger charge is 2.50. The van der Waals surface area contributed by atoms with E-state index in [0.29, 0.717) is 11.8 Å². The molecule has 3 aliphatic carbocycles. The van der Waals surface area contributed by atoms with Gasteiger partial charge >= 0.3 is 5.97 Å². The summed E-state index contributed by atoms with van der Waals surface area (Å²) >= 11 is 0. The molecule has 3 aliphatic rings. The Morgan fingerprint density at radius 3 is 2.62 bits per heavy atom. The van der Waals surface area contributed by atoms with Gasteiger partial charge in [0.25, 0.3) is 0 Å². The number of carbonyl (C=O) groups is 1. The van der Waals surface area contributed by atoms with Crippen molar-refractivity contribution in [2.75, 3.05) is 6.54 Å². The van der Waals surface area contributed by atoms with Crippen LogP contribution >= 0.6 is 0 Å². The first-order valence-corrected chi connectivity index (χ1v) is 6.72. The highest BCUT2D eigenvalue weighted by atomic mass is 16.4. The SMILES string of the molecule is O=C(O)C1C2CCC(C2)C1NCCC1CC1. The van der Waals surface area contributed by atoms with E-state index in [0.717, 1.165) is 25.3 Å². The van der Waals surface area contributed by atoms with Crippen molar-refractivity contribution >= 4 is 5.97 Å². The maximum absolute atomic E-state index is 11.3. The minimum Gasteiger partial charge on any atom is -0.481 e. The second-order valence-electron chi connectivity index (χ2n) is 5.91. The molecule has 90 valence electrons. The smallest absolute Gasteiger partial charge is 0.308 e. The Balaban J connectivity index is 1.56. The van der Waals surface area contributed by atoms with Crippen LogP contribution in [0.2, 0.25) is 0 Å². The maximum Gasteiger partial charge on any atom is 0.308 e. The fraction of sp³-hybridized carbons (Fsp3) is 0.923. The van der Waals surface area contributed by atoms with E-state index in [1.54, 1.807) is 0 Å². The molecule has 0 aliphatic heterocycles. The van der Waals surface area contributed by atoms with Gasteiger partial charge in [-0.15, -0.1) is 0 Å². The summed E-state index contributed by atoms with van der Waals surface area (Å²) in [5.41, 5.74) is 0. The highest BCUT2D eigenvalue weighted by molar-refractivity contribution is 5.72. The molecule has 3 heteroatoms. The lowest BCUT2D eigenvalue weighted by Crippen LogP contribution is -2.44. The van der Waals surface area contributed by atoms with Crippen molar-refractivity contribution in [1.82, 2.24) is 5.32 Å². The van der Waals surface area contributed by atoms with Crippen LogP contribution < -0.4 is 5.32 Å². The van der Waals surface area contributed by atoms with Gasteiger partial charge in [-0.3, -0.25) is 4.79 Å². The van der Waals surface area contributed by atoms with E-state index in [4.69, 9.17) is 0 Å². The van der Waals surface area contributed by atoms with Gasteiger partial charge in [0.05, 0.1) is 5.92 Å². The number of carboxylic acid groups (broad SMARTS) is 1. The molecule has 0 heterocycles. The van der Waals surface area contributed by atoms with Gasteiger partial charge in [0.2, 0.25) is 0 Å². The number of hydrogen-bond acceptors (Lipinski definition) is 2. The molecule has 2 N–H and O–H groups in total. The monoisotopic (exact) mass is 223 g/mol. The Morgan fingerprint density at radius 2 is 1.94 bits per heavy atom. The van der Waals surface area contributed by atoms with Crippen molar-refractivity contribution < 1.29 is 9.90 Å². The van der Waals surface area contributed by atoms with E-state index in [2.05, 4.69) is 5.32 Å². The molecule has 0 aromatic carbocycles. The molecule has 0 amide bonds. The average molecular weight is 223 g/mol. The Morgan fingerprint density at radius 1 is 1.19 bits per heavy atom. The number of nitrogens with one attached hydrogen (secondary N) is 1. The average Bonchev–Trinajstić information content (AvgIpc) is 2.85. The largest absolute Gasteiger partial charge is 0.481 e. The Labute approximate surface area is 96.6 Å². The van der Waals surface area contributed by atoms with Gasteiger partial charge in [-0.2, -0.15) is 0 Å². The van der Waals surface area contributed by atoms with E-state index in [1.807, 2.05) is 0 Å². The lowest BCUT2D eigenvalue weighted by atomic mass is 9.84. The van der Waals surface area contributed by atoms with Gasteiger partial charge in [-0.05, 0) is 50.0 Å². The predicted octanol–water partition coefficient (Wildman–Crippen LogP) is 1.88. The van der Waals surface area contributed by atoms with Crippen LogP contribution in [-0.2, 0) is 4.79 Å². The standard InChI is InChI=1S/C13H21NO2/c15-13(16)11-9-3-4-10(7-9)12(11)14-6-5-8-1-2-8/h8-12,14H,1-7H2,(H,15,16). The molecule has 4 atom stereocenters. The summed E-state index contributed by atoms with van der Waals surface area (Å²) in [7, 11) is 0. The number of aliphatic carboxylic acids is 1. The molecule has 0 aromatic heterocycles. The number of carboxylic acids is 1. The second kappa shape index (κ2) is 4.02. The Kier molecular flexibility index (Phi) is 2.66. The molecule has 3 rings (SSSR count). The summed E-state index contributed by atoms with van der Waals surface area (Å²) in [5, 5.41) is 12.8. The zero-order valence-electron chi connectivity index (χ0n) is 9.69. The molecule has 3 fully saturated rings. The molecule has 4 unspecified atom stereocenters. The van der Waals surface area contributed by atoms with Gasteiger partial charge in [-0.1, -0.05) is 12.8 Å². The van der Waals surface area contributed by atoms with Crippen LogP contribution in [0.3, 0.4) is 0 Å². The third-order valence-corrected chi connectivity index (χ3v) is 4.83. The lowest BCUT2D eigenvalue weighted by molar-refractivity contribution is -0.144. The highest BCUT2D eigenvalue weighted by Crippen LogP contribution is 2.48. The van der Waals surface area contributed by atoms with E-state index in [1.165, 1.54) is 25.7 Å². The molecule has 0 aromatic rings. The second-order valence-corrected chi connectivity index (χ2v) is 5.91. The molecule has 0 radical (unpaired) electrons. The minimum absolute atomic E-state index is 0.0991. The van der Waals surface area contributed by atoms with Crippen LogP contribution in [0.4, 0.5) is 0 Å². The van der Waals surface area contributed by atoms with Gasteiger partial charge < -0.3 is 10.4 Å². The first-order valence-electron chi connectivity index (χ1n) is 6.72. The molecule has 16 heavy (non-hydrogen) atoms. The summed E-state index contributed by atoms with van der Waals surface area (Å²) < 4.78 is 0. The normalized spacial score (nSPS) is 41.5. The topological polar surface area (TPSA) is 49.3 Å². The van der Waals surface area contributed by atoms with Crippen molar-refractivity contribution in [3.05, 3.63) is 0 Å². The summed E-state index contributed by atoms with van der Waals surface area (Å²) in [5.74, 6) is 1.37. The van der Waals surface area contributed by atoms with Crippen LogP contribution in [0.25, 0.3) is 0 Å². The van der Waals surface area contributed by atoms with Crippen LogP contribution in [0.15, 0.2) is 0 Å². The van der Waals surface area contributed by atoms with Gasteiger partial charge in [-0.25, -0.2) is 0 Å². The third-order valence-electron chi connectivity index (χ3n) is 4.83. The van der Waals surface area contributed by atoms with E-state index in [-0.39, 0.29) is 12.0 Å². The maximum atomic E-state index is 11.3. The third kappa shape index (κ3) is 1.86. The van der Waals surface area contributed by atoms with Crippen LogP contribution in [-0.4, -0.2) is 23.7 Å². The van der Waals surface area contributed by atoms with E-state index < -0.39 is 5.97 Å². The van der Waals surface area contributed by atoms with Crippen LogP contribution in [0.5, 0.6) is 0 Å². The Bertz CT molecular complexity index is 288. The van der Waals surface area contributed by atoms with E-state index in [9.17, 15) is 9.90 Å². The zero-order chi connectivity index (χ0) is 11.1. The molecular weight excluding hydrogens is 202 g/mol. The van der Waals surface area contributed by atoms with Crippen molar-refractivity contribution in [3.8, 4) is 0 Å². The molecule has 2 bridgehead atoms. The van der Waals surface area contributed by atoms with Crippen LogP contribution in [0.1, 0.15) is 38.5 Å². The van der Waals surface area contributed by atoms with Crippen molar-refractivity contribution in [2.24, 2.45) is 23.7 Å². The molecular formula is C13H21NO2. The minimum atomic E-state index is -0.573. The summed E-state index contributed by atoms with van der Waals surface area (Å²) in [6.45, 7) is 1.03.